The lowest BCUT2D eigenvalue weighted by Crippen LogP contribution is -2.41. The van der Waals surface area contributed by atoms with E-state index in [-0.39, 0.29) is 11.9 Å². The van der Waals surface area contributed by atoms with Crippen molar-refractivity contribution in [3.8, 4) is 0 Å². The fraction of sp³-hybridized carbons (Fsp3) is 0.900. The van der Waals surface area contributed by atoms with Crippen molar-refractivity contribution in [3.63, 3.8) is 0 Å². The number of likely N-dealkylation sites (tertiary alicyclic amines) is 1. The average molecular weight is 185 g/mol. The van der Waals surface area contributed by atoms with Gasteiger partial charge in [-0.2, -0.15) is 0 Å². The smallest absolute Gasteiger partial charge is 0.309 e. The van der Waals surface area contributed by atoms with Gasteiger partial charge in [-0.3, -0.25) is 4.79 Å². The fourth-order valence-electron chi connectivity index (χ4n) is 2.09. The van der Waals surface area contributed by atoms with Crippen molar-refractivity contribution in [2.75, 3.05) is 27.2 Å². The highest BCUT2D eigenvalue weighted by molar-refractivity contribution is 5.72. The van der Waals surface area contributed by atoms with E-state index in [0.717, 1.165) is 25.9 Å². The predicted octanol–water partition coefficient (Wildman–Crippen LogP) is 1.14. The van der Waals surface area contributed by atoms with Gasteiger partial charge in [0.2, 0.25) is 0 Å². The van der Waals surface area contributed by atoms with Crippen LogP contribution in [0.2, 0.25) is 0 Å². The van der Waals surface area contributed by atoms with Crippen LogP contribution in [0.5, 0.6) is 0 Å². The van der Waals surface area contributed by atoms with E-state index in [1.54, 1.807) is 0 Å². The van der Waals surface area contributed by atoms with Crippen LogP contribution in [-0.4, -0.2) is 38.1 Å². The number of methoxy groups -OCH3 is 1. The van der Waals surface area contributed by atoms with Crippen LogP contribution >= 0.6 is 0 Å². The van der Waals surface area contributed by atoms with Crippen LogP contribution in [0.15, 0.2) is 0 Å². The summed E-state index contributed by atoms with van der Waals surface area (Å²) >= 11 is 0. The lowest BCUT2D eigenvalue weighted by Gasteiger charge is -2.34. The molecule has 1 rings (SSSR count). The SMILES string of the molecule is CCC1CN(C)CCC1C(=O)OC. The van der Waals surface area contributed by atoms with E-state index >= 15 is 0 Å². The first-order chi connectivity index (χ1) is 6.19. The summed E-state index contributed by atoms with van der Waals surface area (Å²) in [5.74, 6) is 0.581. The van der Waals surface area contributed by atoms with Gasteiger partial charge in [0.25, 0.3) is 0 Å². The van der Waals surface area contributed by atoms with Gasteiger partial charge in [-0.1, -0.05) is 13.3 Å². The van der Waals surface area contributed by atoms with Gasteiger partial charge in [-0.15, -0.1) is 0 Å². The summed E-state index contributed by atoms with van der Waals surface area (Å²) in [5, 5.41) is 0. The molecule has 0 radical (unpaired) electrons. The minimum Gasteiger partial charge on any atom is -0.469 e. The normalized spacial score (nSPS) is 30.1. The fourth-order valence-corrected chi connectivity index (χ4v) is 2.09. The number of piperidine rings is 1. The summed E-state index contributed by atoms with van der Waals surface area (Å²) in [6.45, 7) is 4.17. The van der Waals surface area contributed by atoms with Crippen molar-refractivity contribution in [2.45, 2.75) is 19.8 Å². The molecule has 1 fully saturated rings. The van der Waals surface area contributed by atoms with Crippen LogP contribution in [0.3, 0.4) is 0 Å². The second-order valence-electron chi connectivity index (χ2n) is 3.85. The van der Waals surface area contributed by atoms with Crippen molar-refractivity contribution in [1.29, 1.82) is 0 Å². The van der Waals surface area contributed by atoms with Crippen LogP contribution in [0.1, 0.15) is 19.8 Å². The van der Waals surface area contributed by atoms with Gasteiger partial charge < -0.3 is 9.64 Å². The van der Waals surface area contributed by atoms with E-state index in [2.05, 4.69) is 18.9 Å². The molecule has 0 amide bonds. The summed E-state index contributed by atoms with van der Waals surface area (Å²) in [7, 11) is 3.59. The Morgan fingerprint density at radius 2 is 2.31 bits per heavy atom. The first kappa shape index (κ1) is 10.5. The standard InChI is InChI=1S/C10H19NO2/c1-4-8-7-11(2)6-5-9(8)10(12)13-3/h8-9H,4-7H2,1-3H3. The molecule has 2 atom stereocenters. The second-order valence-corrected chi connectivity index (χ2v) is 3.85. The van der Waals surface area contributed by atoms with Gasteiger partial charge in [0.15, 0.2) is 0 Å². The highest BCUT2D eigenvalue weighted by Crippen LogP contribution is 2.26. The second kappa shape index (κ2) is 4.61. The van der Waals surface area contributed by atoms with Gasteiger partial charge in [0.1, 0.15) is 0 Å². The highest BCUT2D eigenvalue weighted by atomic mass is 16.5. The largest absolute Gasteiger partial charge is 0.469 e. The number of hydrogen-bond donors (Lipinski definition) is 0. The van der Waals surface area contributed by atoms with Gasteiger partial charge in [0, 0.05) is 6.54 Å². The van der Waals surface area contributed by atoms with Crippen molar-refractivity contribution < 1.29 is 9.53 Å². The molecule has 1 heterocycles. The Balaban J connectivity index is 2.57. The van der Waals surface area contributed by atoms with Gasteiger partial charge in [0.05, 0.1) is 13.0 Å². The zero-order chi connectivity index (χ0) is 9.84. The third-order valence-electron chi connectivity index (χ3n) is 2.97. The molecule has 1 aliphatic rings. The van der Waals surface area contributed by atoms with Crippen LogP contribution in [0.25, 0.3) is 0 Å². The molecule has 13 heavy (non-hydrogen) atoms. The van der Waals surface area contributed by atoms with Crippen molar-refractivity contribution in [2.24, 2.45) is 11.8 Å². The Morgan fingerprint density at radius 1 is 1.62 bits per heavy atom. The van der Waals surface area contributed by atoms with Crippen LogP contribution < -0.4 is 0 Å². The molecule has 0 spiro atoms. The molecule has 3 nitrogen and oxygen atoms in total. The zero-order valence-electron chi connectivity index (χ0n) is 8.75. The van der Waals surface area contributed by atoms with E-state index in [1.165, 1.54) is 7.11 Å². The third kappa shape index (κ3) is 2.44. The Bertz CT molecular complexity index is 182. The van der Waals surface area contributed by atoms with E-state index in [0.29, 0.717) is 5.92 Å². The topological polar surface area (TPSA) is 29.5 Å². The number of esters is 1. The van der Waals surface area contributed by atoms with Crippen LogP contribution in [0.4, 0.5) is 0 Å². The maximum absolute atomic E-state index is 11.4. The third-order valence-corrected chi connectivity index (χ3v) is 2.97. The molecule has 3 heteroatoms. The molecule has 0 aromatic heterocycles. The molecular weight excluding hydrogens is 166 g/mol. The first-order valence-corrected chi connectivity index (χ1v) is 4.95. The number of carbonyl (C=O) groups excluding carboxylic acids is 1. The van der Waals surface area contributed by atoms with E-state index < -0.39 is 0 Å². The molecule has 0 aromatic carbocycles. The van der Waals surface area contributed by atoms with Crippen molar-refractivity contribution >= 4 is 5.97 Å². The number of nitrogens with zero attached hydrogens (tertiary/aromatic N) is 1. The zero-order valence-corrected chi connectivity index (χ0v) is 8.75. The van der Waals surface area contributed by atoms with E-state index in [4.69, 9.17) is 4.74 Å². The Hall–Kier alpha value is -0.570. The Kier molecular flexibility index (Phi) is 3.72. The Labute approximate surface area is 80.1 Å². The molecule has 0 aromatic rings. The van der Waals surface area contributed by atoms with Gasteiger partial charge in [-0.05, 0) is 25.9 Å². The molecule has 0 saturated carbocycles. The monoisotopic (exact) mass is 185 g/mol. The minimum absolute atomic E-state index is 0.0278. The summed E-state index contributed by atoms with van der Waals surface area (Å²) in [6, 6.07) is 0. The summed E-state index contributed by atoms with van der Waals surface area (Å²) < 4.78 is 4.80. The maximum atomic E-state index is 11.4. The summed E-state index contributed by atoms with van der Waals surface area (Å²) in [5.41, 5.74) is 0. The van der Waals surface area contributed by atoms with Gasteiger partial charge >= 0.3 is 5.97 Å². The average Bonchev–Trinajstić information content (AvgIpc) is 2.16. The molecule has 1 saturated heterocycles. The number of hydrogen-bond acceptors (Lipinski definition) is 3. The van der Waals surface area contributed by atoms with Crippen LogP contribution in [-0.2, 0) is 9.53 Å². The molecule has 0 aliphatic carbocycles. The van der Waals surface area contributed by atoms with E-state index in [9.17, 15) is 4.79 Å². The molecule has 76 valence electrons. The molecule has 0 bridgehead atoms. The van der Waals surface area contributed by atoms with Gasteiger partial charge in [-0.25, -0.2) is 0 Å². The predicted molar refractivity (Wildman–Crippen MR) is 51.4 cm³/mol. The molecular formula is C10H19NO2. The quantitative estimate of drug-likeness (QED) is 0.604. The first-order valence-electron chi connectivity index (χ1n) is 4.95. The maximum Gasteiger partial charge on any atom is 0.309 e. The lowest BCUT2D eigenvalue weighted by molar-refractivity contribution is -0.149. The molecule has 0 N–H and O–H groups in total. The summed E-state index contributed by atoms with van der Waals surface area (Å²) in [6.07, 6.45) is 2.01. The molecule has 2 unspecified atom stereocenters. The minimum atomic E-state index is -0.0278. The molecule has 1 aliphatic heterocycles. The Morgan fingerprint density at radius 3 is 2.85 bits per heavy atom. The number of ether oxygens (including phenoxy) is 1. The van der Waals surface area contributed by atoms with Crippen molar-refractivity contribution in [1.82, 2.24) is 4.90 Å². The lowest BCUT2D eigenvalue weighted by atomic mass is 9.84. The van der Waals surface area contributed by atoms with Crippen molar-refractivity contribution in [3.05, 3.63) is 0 Å². The van der Waals surface area contributed by atoms with Crippen LogP contribution in [0, 0.1) is 11.8 Å². The summed E-state index contributed by atoms with van der Waals surface area (Å²) in [4.78, 5) is 13.7. The van der Waals surface area contributed by atoms with E-state index in [1.807, 2.05) is 0 Å². The highest BCUT2D eigenvalue weighted by Gasteiger charge is 2.32. The number of carbonyl (C=O) groups is 1. The number of rotatable bonds is 2.